The average Bonchev–Trinajstić information content (AvgIpc) is 2.98. The van der Waals surface area contributed by atoms with E-state index < -0.39 is 10.0 Å². The first-order chi connectivity index (χ1) is 10.5. The minimum Gasteiger partial charge on any atom is -0.207 e. The number of rotatable bonds is 3. The lowest BCUT2D eigenvalue weighted by molar-refractivity contribution is 0.396. The van der Waals surface area contributed by atoms with Crippen LogP contribution in [0.15, 0.2) is 53.4 Å². The lowest BCUT2D eigenvalue weighted by atomic mass is 10.1. The minimum atomic E-state index is -3.54. The molecule has 1 aliphatic heterocycles. The molecule has 0 N–H and O–H groups in total. The van der Waals surface area contributed by atoms with Crippen molar-refractivity contribution in [2.24, 2.45) is 0 Å². The first-order valence-electron chi connectivity index (χ1n) is 7.33. The van der Waals surface area contributed by atoms with E-state index in [-0.39, 0.29) is 11.9 Å². The Morgan fingerprint density at radius 3 is 2.45 bits per heavy atom. The molecule has 0 saturated carbocycles. The Bertz CT molecular complexity index is 772. The molecule has 1 aliphatic rings. The van der Waals surface area contributed by atoms with E-state index in [4.69, 9.17) is 0 Å². The summed E-state index contributed by atoms with van der Waals surface area (Å²) in [6.45, 7) is 2.30. The van der Waals surface area contributed by atoms with Gasteiger partial charge in [-0.25, -0.2) is 12.8 Å². The Morgan fingerprint density at radius 1 is 1.09 bits per heavy atom. The maximum atomic E-state index is 13.1. The van der Waals surface area contributed by atoms with Crippen molar-refractivity contribution in [2.45, 2.75) is 30.7 Å². The number of nitrogens with zero attached hydrogens (tertiary/aromatic N) is 1. The molecule has 22 heavy (non-hydrogen) atoms. The van der Waals surface area contributed by atoms with Crippen molar-refractivity contribution in [3.63, 3.8) is 0 Å². The summed E-state index contributed by atoms with van der Waals surface area (Å²) in [7, 11) is -3.54. The minimum absolute atomic E-state index is 0.217. The van der Waals surface area contributed by atoms with E-state index in [0.717, 1.165) is 24.0 Å². The Hall–Kier alpha value is -1.72. The number of aryl methyl sites for hydroxylation is 1. The van der Waals surface area contributed by atoms with E-state index >= 15 is 0 Å². The van der Waals surface area contributed by atoms with Crippen molar-refractivity contribution in [3.05, 3.63) is 65.5 Å². The fourth-order valence-electron chi connectivity index (χ4n) is 3.02. The van der Waals surface area contributed by atoms with Crippen LogP contribution in [-0.4, -0.2) is 19.3 Å². The highest BCUT2D eigenvalue weighted by Crippen LogP contribution is 2.37. The molecule has 0 amide bonds. The van der Waals surface area contributed by atoms with Crippen LogP contribution in [0, 0.1) is 12.7 Å². The molecule has 0 unspecified atom stereocenters. The summed E-state index contributed by atoms with van der Waals surface area (Å²) in [6, 6.07) is 12.9. The molecule has 3 rings (SSSR count). The highest BCUT2D eigenvalue weighted by molar-refractivity contribution is 7.89. The Balaban J connectivity index is 1.99. The molecule has 0 aromatic heterocycles. The zero-order valence-electron chi connectivity index (χ0n) is 12.4. The number of hydrogen-bond acceptors (Lipinski definition) is 2. The van der Waals surface area contributed by atoms with Gasteiger partial charge in [-0.15, -0.1) is 0 Å². The first kappa shape index (κ1) is 15.2. The van der Waals surface area contributed by atoms with Gasteiger partial charge in [0.15, 0.2) is 0 Å². The molecule has 1 saturated heterocycles. The second kappa shape index (κ2) is 5.82. The van der Waals surface area contributed by atoms with E-state index in [1.54, 1.807) is 41.6 Å². The van der Waals surface area contributed by atoms with Crippen molar-refractivity contribution in [1.29, 1.82) is 0 Å². The highest BCUT2D eigenvalue weighted by atomic mass is 32.2. The summed E-state index contributed by atoms with van der Waals surface area (Å²) >= 11 is 0. The van der Waals surface area contributed by atoms with Gasteiger partial charge in [0.05, 0.1) is 10.9 Å². The Labute approximate surface area is 130 Å². The van der Waals surface area contributed by atoms with Crippen LogP contribution in [0.5, 0.6) is 0 Å². The summed E-state index contributed by atoms with van der Waals surface area (Å²) in [5, 5.41) is 0. The third-order valence-electron chi connectivity index (χ3n) is 4.14. The molecule has 0 spiro atoms. The van der Waals surface area contributed by atoms with Gasteiger partial charge in [0.2, 0.25) is 10.0 Å². The highest BCUT2D eigenvalue weighted by Gasteiger charge is 2.36. The van der Waals surface area contributed by atoms with Crippen LogP contribution >= 0.6 is 0 Å². The van der Waals surface area contributed by atoms with Crippen molar-refractivity contribution in [2.75, 3.05) is 6.54 Å². The SMILES string of the molecule is Cc1ccccc1S(=O)(=O)N1CCC[C@H]1c1ccc(F)cc1. The molecule has 116 valence electrons. The average molecular weight is 319 g/mol. The van der Waals surface area contributed by atoms with E-state index in [9.17, 15) is 12.8 Å². The Kier molecular flexibility index (Phi) is 4.02. The number of hydrogen-bond donors (Lipinski definition) is 0. The zero-order valence-corrected chi connectivity index (χ0v) is 13.2. The van der Waals surface area contributed by atoms with Crippen molar-refractivity contribution < 1.29 is 12.8 Å². The molecule has 0 bridgehead atoms. The maximum Gasteiger partial charge on any atom is 0.243 e. The van der Waals surface area contributed by atoms with Crippen LogP contribution in [0.25, 0.3) is 0 Å². The van der Waals surface area contributed by atoms with Gasteiger partial charge in [-0.3, -0.25) is 0 Å². The Morgan fingerprint density at radius 2 is 1.77 bits per heavy atom. The number of benzene rings is 2. The third-order valence-corrected chi connectivity index (χ3v) is 6.21. The molecule has 0 aliphatic carbocycles. The number of sulfonamides is 1. The molecule has 5 heteroatoms. The topological polar surface area (TPSA) is 37.4 Å². The fourth-order valence-corrected chi connectivity index (χ4v) is 4.93. The van der Waals surface area contributed by atoms with Crippen LogP contribution < -0.4 is 0 Å². The second-order valence-corrected chi connectivity index (χ2v) is 7.45. The van der Waals surface area contributed by atoms with Gasteiger partial charge in [0.1, 0.15) is 5.82 Å². The van der Waals surface area contributed by atoms with Gasteiger partial charge in [0.25, 0.3) is 0 Å². The second-order valence-electron chi connectivity index (χ2n) is 5.59. The fraction of sp³-hybridized carbons (Fsp3) is 0.294. The van der Waals surface area contributed by atoms with E-state index in [1.165, 1.54) is 12.1 Å². The molecule has 2 aromatic carbocycles. The summed E-state index contributed by atoms with van der Waals surface area (Å²) in [5.41, 5.74) is 1.59. The van der Waals surface area contributed by atoms with Crippen molar-refractivity contribution in [1.82, 2.24) is 4.31 Å². The molecule has 1 heterocycles. The molecule has 3 nitrogen and oxygen atoms in total. The molecule has 2 aromatic rings. The van der Waals surface area contributed by atoms with E-state index in [0.29, 0.717) is 11.4 Å². The predicted octanol–water partition coefficient (Wildman–Crippen LogP) is 3.66. The zero-order chi connectivity index (χ0) is 15.7. The van der Waals surface area contributed by atoms with Crippen LogP contribution in [0.1, 0.15) is 30.0 Å². The van der Waals surface area contributed by atoms with E-state index in [2.05, 4.69) is 0 Å². The summed E-state index contributed by atoms with van der Waals surface area (Å²) < 4.78 is 40.6. The quantitative estimate of drug-likeness (QED) is 0.866. The maximum absolute atomic E-state index is 13.1. The smallest absolute Gasteiger partial charge is 0.207 e. The molecule has 1 atom stereocenters. The molecule has 1 fully saturated rings. The molecule has 0 radical (unpaired) electrons. The lowest BCUT2D eigenvalue weighted by Gasteiger charge is -2.25. The number of halogens is 1. The summed E-state index contributed by atoms with van der Waals surface area (Å²) in [5.74, 6) is -0.310. The molecular formula is C17H18FNO2S. The van der Waals surface area contributed by atoms with Crippen molar-refractivity contribution >= 4 is 10.0 Å². The van der Waals surface area contributed by atoms with Crippen LogP contribution in [0.4, 0.5) is 4.39 Å². The predicted molar refractivity (Wildman–Crippen MR) is 83.4 cm³/mol. The van der Waals surface area contributed by atoms with Crippen LogP contribution in [0.2, 0.25) is 0 Å². The van der Waals surface area contributed by atoms with Gasteiger partial charge < -0.3 is 0 Å². The summed E-state index contributed by atoms with van der Waals surface area (Å²) in [4.78, 5) is 0.351. The summed E-state index contributed by atoms with van der Waals surface area (Å²) in [6.07, 6.45) is 1.57. The van der Waals surface area contributed by atoms with E-state index in [1.807, 2.05) is 6.07 Å². The normalized spacial score (nSPS) is 19.5. The van der Waals surface area contributed by atoms with Crippen LogP contribution in [-0.2, 0) is 10.0 Å². The largest absolute Gasteiger partial charge is 0.243 e. The standard InChI is InChI=1S/C17H18FNO2S/c1-13-5-2-3-7-17(13)22(20,21)19-12-4-6-16(19)14-8-10-15(18)11-9-14/h2-3,5,7-11,16H,4,6,12H2,1H3/t16-/m0/s1. The first-order valence-corrected chi connectivity index (χ1v) is 8.77. The van der Waals surface area contributed by atoms with Crippen molar-refractivity contribution in [3.8, 4) is 0 Å². The monoisotopic (exact) mass is 319 g/mol. The van der Waals surface area contributed by atoms with Gasteiger partial charge in [-0.05, 0) is 49.1 Å². The molecular weight excluding hydrogens is 301 g/mol. The van der Waals surface area contributed by atoms with Gasteiger partial charge in [-0.2, -0.15) is 4.31 Å². The lowest BCUT2D eigenvalue weighted by Crippen LogP contribution is -2.31. The van der Waals surface area contributed by atoms with Crippen LogP contribution in [0.3, 0.4) is 0 Å². The van der Waals surface area contributed by atoms with Gasteiger partial charge in [0, 0.05) is 6.54 Å². The third kappa shape index (κ3) is 2.66. The van der Waals surface area contributed by atoms with Gasteiger partial charge in [-0.1, -0.05) is 30.3 Å². The van der Waals surface area contributed by atoms with Gasteiger partial charge >= 0.3 is 0 Å².